The minimum atomic E-state index is -0.497. The number of amides is 1. The van der Waals surface area contributed by atoms with Crippen molar-refractivity contribution in [3.8, 4) is 11.1 Å². The summed E-state index contributed by atoms with van der Waals surface area (Å²) in [5.41, 5.74) is 2.29. The van der Waals surface area contributed by atoms with Crippen molar-refractivity contribution in [2.75, 3.05) is 5.32 Å². The Morgan fingerprint density at radius 1 is 1.10 bits per heavy atom. The Bertz CT molecular complexity index is 568. The van der Waals surface area contributed by atoms with Crippen molar-refractivity contribution in [3.63, 3.8) is 0 Å². The molecule has 0 spiro atoms. The Morgan fingerprint density at radius 3 is 2.35 bits per heavy atom. The number of nitrogens with one attached hydrogen (secondary N) is 1. The summed E-state index contributed by atoms with van der Waals surface area (Å²) in [7, 11) is 0. The monoisotopic (exact) mass is 268 g/mol. The number of carbonyl (C=O) groups is 1. The number of carbonyl (C=O) groups excluding carboxylic acids is 1. The van der Waals surface area contributed by atoms with Crippen LogP contribution in [0, 0.1) is 6.07 Å². The summed E-state index contributed by atoms with van der Waals surface area (Å²) in [4.78, 5) is 11.6. The summed E-state index contributed by atoms with van der Waals surface area (Å²) in [6, 6.07) is 18.5. The van der Waals surface area contributed by atoms with Crippen LogP contribution < -0.4 is 5.32 Å². The van der Waals surface area contributed by atoms with Gasteiger partial charge in [0.2, 0.25) is 0 Å². The lowest BCUT2D eigenvalue weighted by molar-refractivity contribution is 0.0636. The predicted octanol–water partition coefficient (Wildman–Crippen LogP) is 4.50. The molecule has 0 aromatic heterocycles. The molecule has 0 saturated heterocycles. The third-order valence-electron chi connectivity index (χ3n) is 2.55. The van der Waals surface area contributed by atoms with Crippen LogP contribution in [0.3, 0.4) is 0 Å². The second-order valence-electron chi connectivity index (χ2n) is 5.48. The van der Waals surface area contributed by atoms with E-state index in [0.29, 0.717) is 5.69 Å². The molecule has 2 aromatic carbocycles. The third-order valence-corrected chi connectivity index (χ3v) is 2.55. The first-order valence-electron chi connectivity index (χ1n) is 6.51. The molecule has 103 valence electrons. The zero-order valence-electron chi connectivity index (χ0n) is 11.9. The maximum absolute atomic E-state index is 11.6. The van der Waals surface area contributed by atoms with Gasteiger partial charge in [0.25, 0.3) is 0 Å². The van der Waals surface area contributed by atoms with E-state index in [1.165, 1.54) is 0 Å². The first-order valence-corrected chi connectivity index (χ1v) is 6.51. The van der Waals surface area contributed by atoms with Gasteiger partial charge < -0.3 is 4.74 Å². The van der Waals surface area contributed by atoms with E-state index in [-0.39, 0.29) is 0 Å². The predicted molar refractivity (Wildman–Crippen MR) is 80.6 cm³/mol. The molecule has 0 aliphatic carbocycles. The molecule has 20 heavy (non-hydrogen) atoms. The van der Waals surface area contributed by atoms with Gasteiger partial charge in [-0.15, -0.1) is 0 Å². The van der Waals surface area contributed by atoms with Crippen molar-refractivity contribution in [2.45, 2.75) is 26.4 Å². The molecule has 3 heteroatoms. The Balaban J connectivity index is 2.04. The SMILES string of the molecule is CC(C)(C)OC(=O)Nc1ccc(-c2[c]cccc2)cc1. The minimum Gasteiger partial charge on any atom is -0.444 e. The molecule has 0 fully saturated rings. The van der Waals surface area contributed by atoms with E-state index in [2.05, 4.69) is 11.4 Å². The van der Waals surface area contributed by atoms with Crippen LogP contribution in [0.15, 0.2) is 48.5 Å². The number of rotatable bonds is 2. The van der Waals surface area contributed by atoms with Gasteiger partial charge in [0, 0.05) is 5.69 Å². The average Bonchev–Trinajstić information content (AvgIpc) is 2.38. The Labute approximate surface area is 119 Å². The lowest BCUT2D eigenvalue weighted by Crippen LogP contribution is -2.27. The number of ether oxygens (including phenoxy) is 1. The molecule has 0 heterocycles. The van der Waals surface area contributed by atoms with Gasteiger partial charge in [0.05, 0.1) is 0 Å². The van der Waals surface area contributed by atoms with E-state index in [4.69, 9.17) is 4.74 Å². The van der Waals surface area contributed by atoms with Crippen molar-refractivity contribution in [1.82, 2.24) is 0 Å². The van der Waals surface area contributed by atoms with Gasteiger partial charge in [0.15, 0.2) is 0 Å². The molecule has 2 rings (SSSR count). The highest BCUT2D eigenvalue weighted by atomic mass is 16.6. The van der Waals surface area contributed by atoms with Crippen LogP contribution in [0.1, 0.15) is 20.8 Å². The van der Waals surface area contributed by atoms with Crippen LogP contribution in [0.2, 0.25) is 0 Å². The molecular formula is C17H18NO2. The van der Waals surface area contributed by atoms with Crippen molar-refractivity contribution < 1.29 is 9.53 Å². The third kappa shape index (κ3) is 4.12. The molecule has 0 saturated carbocycles. The molecule has 1 radical (unpaired) electrons. The lowest BCUT2D eigenvalue weighted by Gasteiger charge is -2.19. The fourth-order valence-electron chi connectivity index (χ4n) is 1.73. The van der Waals surface area contributed by atoms with E-state index >= 15 is 0 Å². The second kappa shape index (κ2) is 5.78. The fraction of sp³-hybridized carbons (Fsp3) is 0.235. The van der Waals surface area contributed by atoms with E-state index < -0.39 is 11.7 Å². The summed E-state index contributed by atoms with van der Waals surface area (Å²) in [5.74, 6) is 0. The molecule has 3 nitrogen and oxygen atoms in total. The number of benzene rings is 2. The molecule has 0 aliphatic rings. The lowest BCUT2D eigenvalue weighted by atomic mass is 10.1. The van der Waals surface area contributed by atoms with Gasteiger partial charge in [-0.05, 0) is 50.1 Å². The summed E-state index contributed by atoms with van der Waals surface area (Å²) in [5, 5.41) is 2.71. The first kappa shape index (κ1) is 14.1. The molecule has 1 N–H and O–H groups in total. The van der Waals surface area contributed by atoms with Gasteiger partial charge in [-0.2, -0.15) is 0 Å². The number of hydrogen-bond acceptors (Lipinski definition) is 2. The highest BCUT2D eigenvalue weighted by molar-refractivity contribution is 5.85. The maximum atomic E-state index is 11.6. The van der Waals surface area contributed by atoms with E-state index in [9.17, 15) is 4.79 Å². The molecule has 0 aliphatic heterocycles. The van der Waals surface area contributed by atoms with Gasteiger partial charge in [-0.1, -0.05) is 36.4 Å². The number of anilines is 1. The van der Waals surface area contributed by atoms with Gasteiger partial charge in [0.1, 0.15) is 5.60 Å². The van der Waals surface area contributed by atoms with Crippen LogP contribution >= 0.6 is 0 Å². The Kier molecular flexibility index (Phi) is 4.08. The number of hydrogen-bond donors (Lipinski definition) is 1. The highest BCUT2D eigenvalue weighted by Gasteiger charge is 2.16. The largest absolute Gasteiger partial charge is 0.444 e. The standard InChI is InChI=1S/C17H18NO2/c1-17(2,3)20-16(19)18-15-11-9-14(10-12-15)13-7-5-4-6-8-13/h4-7,9-12H,1-3H3,(H,18,19). The summed E-state index contributed by atoms with van der Waals surface area (Å²) in [6.07, 6.45) is -0.448. The fourth-order valence-corrected chi connectivity index (χ4v) is 1.73. The Hall–Kier alpha value is -2.29. The first-order chi connectivity index (χ1) is 9.44. The molecule has 0 unspecified atom stereocenters. The van der Waals surface area contributed by atoms with Crippen LogP contribution in [0.5, 0.6) is 0 Å². The normalized spacial score (nSPS) is 10.9. The quantitative estimate of drug-likeness (QED) is 0.870. The van der Waals surface area contributed by atoms with Crippen LogP contribution in [0.25, 0.3) is 11.1 Å². The van der Waals surface area contributed by atoms with Gasteiger partial charge >= 0.3 is 6.09 Å². The van der Waals surface area contributed by atoms with E-state index in [1.807, 2.05) is 69.3 Å². The van der Waals surface area contributed by atoms with Crippen molar-refractivity contribution in [2.24, 2.45) is 0 Å². The van der Waals surface area contributed by atoms with Crippen LogP contribution in [0.4, 0.5) is 10.5 Å². The average molecular weight is 268 g/mol. The van der Waals surface area contributed by atoms with Crippen LogP contribution in [-0.2, 0) is 4.74 Å². The zero-order chi connectivity index (χ0) is 14.6. The summed E-state index contributed by atoms with van der Waals surface area (Å²) >= 11 is 0. The molecule has 1 amide bonds. The second-order valence-corrected chi connectivity index (χ2v) is 5.48. The zero-order valence-corrected chi connectivity index (χ0v) is 11.9. The van der Waals surface area contributed by atoms with E-state index in [0.717, 1.165) is 11.1 Å². The van der Waals surface area contributed by atoms with Crippen molar-refractivity contribution in [3.05, 3.63) is 54.6 Å². The van der Waals surface area contributed by atoms with Gasteiger partial charge in [-0.3, -0.25) is 5.32 Å². The highest BCUT2D eigenvalue weighted by Crippen LogP contribution is 2.21. The van der Waals surface area contributed by atoms with Gasteiger partial charge in [-0.25, -0.2) is 4.79 Å². The Morgan fingerprint density at radius 2 is 1.80 bits per heavy atom. The smallest absolute Gasteiger partial charge is 0.412 e. The topological polar surface area (TPSA) is 38.3 Å². The van der Waals surface area contributed by atoms with Crippen molar-refractivity contribution >= 4 is 11.8 Å². The molecule has 0 atom stereocenters. The minimum absolute atomic E-state index is 0.448. The summed E-state index contributed by atoms with van der Waals surface area (Å²) < 4.78 is 5.20. The molecular weight excluding hydrogens is 250 g/mol. The molecule has 2 aromatic rings. The van der Waals surface area contributed by atoms with Crippen LogP contribution in [-0.4, -0.2) is 11.7 Å². The van der Waals surface area contributed by atoms with E-state index in [1.54, 1.807) is 0 Å². The van der Waals surface area contributed by atoms with Crippen molar-refractivity contribution in [1.29, 1.82) is 0 Å². The molecule has 0 bridgehead atoms. The summed E-state index contributed by atoms with van der Waals surface area (Å²) in [6.45, 7) is 5.50. The maximum Gasteiger partial charge on any atom is 0.412 e.